The van der Waals surface area contributed by atoms with Gasteiger partial charge in [0.25, 0.3) is 0 Å². The Bertz CT molecular complexity index is 1090. The Morgan fingerprint density at radius 1 is 1.06 bits per heavy atom. The lowest BCUT2D eigenvalue weighted by Crippen LogP contribution is -2.16. The number of alkyl halides is 3. The third-order valence-electron chi connectivity index (χ3n) is 5.02. The number of ether oxygens (including phenoxy) is 1. The molecular weight excluding hydrogens is 409 g/mol. The first-order valence-corrected chi connectivity index (χ1v) is 9.73. The molecule has 0 bridgehead atoms. The van der Waals surface area contributed by atoms with Crippen molar-refractivity contribution in [1.82, 2.24) is 4.98 Å². The average Bonchev–Trinajstić information content (AvgIpc) is 3.17. The fourth-order valence-electron chi connectivity index (χ4n) is 3.67. The molecule has 2 N–H and O–H groups in total. The number of aromatic nitrogens is 1. The SMILES string of the molecule is O=C(O)Cc1ccc(Nc2cc(-c3ccc(OC(F)(F)F)cc3)nc3c2CCC3)cc1. The molecule has 5 nitrogen and oxygen atoms in total. The Kier molecular flexibility index (Phi) is 5.54. The third kappa shape index (κ3) is 5.14. The molecule has 0 aliphatic heterocycles. The van der Waals surface area contributed by atoms with E-state index in [4.69, 9.17) is 10.1 Å². The molecule has 0 saturated carbocycles. The lowest BCUT2D eigenvalue weighted by Gasteiger charge is -2.14. The molecule has 0 unspecified atom stereocenters. The van der Waals surface area contributed by atoms with E-state index in [1.807, 2.05) is 18.2 Å². The maximum absolute atomic E-state index is 12.4. The van der Waals surface area contributed by atoms with Gasteiger partial charge in [0.1, 0.15) is 5.75 Å². The molecule has 1 aromatic heterocycles. The number of carbonyl (C=O) groups is 1. The molecule has 1 heterocycles. The molecule has 0 amide bonds. The highest BCUT2D eigenvalue weighted by molar-refractivity contribution is 5.73. The van der Waals surface area contributed by atoms with Crippen LogP contribution in [0.25, 0.3) is 11.3 Å². The number of benzene rings is 2. The summed E-state index contributed by atoms with van der Waals surface area (Å²) in [5.74, 6) is -1.17. The number of fused-ring (bicyclic) bond motifs is 1. The van der Waals surface area contributed by atoms with Crippen molar-refractivity contribution >= 4 is 17.3 Å². The van der Waals surface area contributed by atoms with Crippen molar-refractivity contribution in [3.63, 3.8) is 0 Å². The second-order valence-electron chi connectivity index (χ2n) is 7.30. The molecule has 0 spiro atoms. The van der Waals surface area contributed by atoms with Gasteiger partial charge in [0, 0.05) is 22.6 Å². The molecule has 31 heavy (non-hydrogen) atoms. The van der Waals surface area contributed by atoms with Crippen molar-refractivity contribution in [1.29, 1.82) is 0 Å². The van der Waals surface area contributed by atoms with Gasteiger partial charge < -0.3 is 15.2 Å². The Labute approximate surface area is 176 Å². The summed E-state index contributed by atoms with van der Waals surface area (Å²) in [5.41, 5.74) is 5.84. The number of hydrogen-bond acceptors (Lipinski definition) is 4. The zero-order valence-electron chi connectivity index (χ0n) is 16.4. The minimum absolute atomic E-state index is 0.0386. The number of anilines is 2. The summed E-state index contributed by atoms with van der Waals surface area (Å²) in [5, 5.41) is 12.3. The van der Waals surface area contributed by atoms with Gasteiger partial charge in [-0.25, -0.2) is 0 Å². The van der Waals surface area contributed by atoms with Crippen molar-refractivity contribution in [2.24, 2.45) is 0 Å². The highest BCUT2D eigenvalue weighted by atomic mass is 19.4. The minimum atomic E-state index is -4.73. The van der Waals surface area contributed by atoms with Crippen LogP contribution < -0.4 is 10.1 Å². The molecule has 2 aromatic carbocycles. The second-order valence-corrected chi connectivity index (χ2v) is 7.30. The number of carboxylic acids is 1. The van der Waals surface area contributed by atoms with E-state index in [0.29, 0.717) is 16.8 Å². The van der Waals surface area contributed by atoms with Gasteiger partial charge in [-0.3, -0.25) is 9.78 Å². The Morgan fingerprint density at radius 3 is 2.42 bits per heavy atom. The van der Waals surface area contributed by atoms with Gasteiger partial charge in [0.05, 0.1) is 12.1 Å². The van der Waals surface area contributed by atoms with Crippen LogP contribution >= 0.6 is 0 Å². The highest BCUT2D eigenvalue weighted by Gasteiger charge is 2.31. The summed E-state index contributed by atoms with van der Waals surface area (Å²) in [6, 6.07) is 14.7. The fourth-order valence-corrected chi connectivity index (χ4v) is 3.67. The number of aliphatic carboxylic acids is 1. The average molecular weight is 428 g/mol. The van der Waals surface area contributed by atoms with Crippen LogP contribution in [0.5, 0.6) is 5.75 Å². The number of hydrogen-bond donors (Lipinski definition) is 2. The van der Waals surface area contributed by atoms with Gasteiger partial charge >= 0.3 is 12.3 Å². The summed E-state index contributed by atoms with van der Waals surface area (Å²) in [4.78, 5) is 15.6. The maximum Gasteiger partial charge on any atom is 0.573 e. The van der Waals surface area contributed by atoms with Gasteiger partial charge in [0.2, 0.25) is 0 Å². The first-order valence-electron chi connectivity index (χ1n) is 9.73. The van der Waals surface area contributed by atoms with Crippen molar-refractivity contribution in [3.05, 3.63) is 71.4 Å². The van der Waals surface area contributed by atoms with Gasteiger partial charge in [-0.2, -0.15) is 0 Å². The van der Waals surface area contributed by atoms with Crippen LogP contribution in [0.4, 0.5) is 24.5 Å². The summed E-state index contributed by atoms with van der Waals surface area (Å²) in [6.45, 7) is 0. The second kappa shape index (κ2) is 8.29. The van der Waals surface area contributed by atoms with Gasteiger partial charge in [-0.05, 0) is 72.9 Å². The first kappa shape index (κ1) is 20.7. The third-order valence-corrected chi connectivity index (χ3v) is 5.02. The van der Waals surface area contributed by atoms with Crippen molar-refractivity contribution < 1.29 is 27.8 Å². The van der Waals surface area contributed by atoms with Crippen LogP contribution in [-0.4, -0.2) is 22.4 Å². The smallest absolute Gasteiger partial charge is 0.481 e. The van der Waals surface area contributed by atoms with E-state index in [-0.39, 0.29) is 12.2 Å². The molecule has 1 aliphatic carbocycles. The van der Waals surface area contributed by atoms with Crippen molar-refractivity contribution in [2.45, 2.75) is 32.0 Å². The van der Waals surface area contributed by atoms with Crippen LogP contribution in [0.1, 0.15) is 23.2 Å². The van der Waals surface area contributed by atoms with Crippen LogP contribution in [0.2, 0.25) is 0 Å². The Balaban J connectivity index is 1.60. The van der Waals surface area contributed by atoms with Crippen LogP contribution in [0.15, 0.2) is 54.6 Å². The molecule has 8 heteroatoms. The normalized spacial score (nSPS) is 13.0. The lowest BCUT2D eigenvalue weighted by molar-refractivity contribution is -0.274. The molecular formula is C23H19F3N2O3. The molecule has 1 aliphatic rings. The summed E-state index contributed by atoms with van der Waals surface area (Å²) < 4.78 is 41.1. The van der Waals surface area contributed by atoms with E-state index in [1.54, 1.807) is 24.3 Å². The van der Waals surface area contributed by atoms with Crippen molar-refractivity contribution in [2.75, 3.05) is 5.32 Å². The quantitative estimate of drug-likeness (QED) is 0.542. The van der Waals surface area contributed by atoms with E-state index in [1.165, 1.54) is 12.1 Å². The highest BCUT2D eigenvalue weighted by Crippen LogP contribution is 2.34. The molecule has 0 saturated heterocycles. The van der Waals surface area contributed by atoms with Crippen molar-refractivity contribution in [3.8, 4) is 17.0 Å². The lowest BCUT2D eigenvalue weighted by atomic mass is 10.1. The van der Waals surface area contributed by atoms with Crippen LogP contribution in [0.3, 0.4) is 0 Å². The molecule has 0 radical (unpaired) electrons. The Hall–Kier alpha value is -3.55. The Morgan fingerprint density at radius 2 is 1.77 bits per heavy atom. The molecule has 4 rings (SSSR count). The van der Waals surface area contributed by atoms with E-state index >= 15 is 0 Å². The number of rotatable bonds is 6. The predicted molar refractivity (Wildman–Crippen MR) is 109 cm³/mol. The fraction of sp³-hybridized carbons (Fsp3) is 0.217. The summed E-state index contributed by atoms with van der Waals surface area (Å²) in [7, 11) is 0. The maximum atomic E-state index is 12.4. The van der Waals surface area contributed by atoms with Gasteiger partial charge in [0.15, 0.2) is 0 Å². The van der Waals surface area contributed by atoms with Gasteiger partial charge in [-0.1, -0.05) is 12.1 Å². The number of nitrogens with zero attached hydrogens (tertiary/aromatic N) is 1. The van der Waals surface area contributed by atoms with E-state index in [9.17, 15) is 18.0 Å². The predicted octanol–water partition coefficient (Wildman–Crippen LogP) is 5.51. The van der Waals surface area contributed by atoms with Crippen LogP contribution in [-0.2, 0) is 24.1 Å². The van der Waals surface area contributed by atoms with E-state index < -0.39 is 12.3 Å². The summed E-state index contributed by atoms with van der Waals surface area (Å²) in [6.07, 6.45) is -2.06. The molecule has 0 fully saturated rings. The number of halogens is 3. The zero-order valence-corrected chi connectivity index (χ0v) is 16.4. The molecule has 160 valence electrons. The van der Waals surface area contributed by atoms with E-state index in [0.717, 1.165) is 41.9 Å². The minimum Gasteiger partial charge on any atom is -0.481 e. The molecule has 3 aromatic rings. The first-order chi connectivity index (χ1) is 14.8. The summed E-state index contributed by atoms with van der Waals surface area (Å²) >= 11 is 0. The number of aryl methyl sites for hydroxylation is 1. The number of carboxylic acid groups (broad SMARTS) is 1. The standard InChI is InChI=1S/C23H19F3N2O3/c24-23(25,26)31-17-10-6-15(7-11-17)20-13-21(18-2-1-3-19(18)28-20)27-16-8-4-14(5-9-16)12-22(29)30/h4-11,13H,1-3,12H2,(H,27,28)(H,29,30). The monoisotopic (exact) mass is 428 g/mol. The number of pyridine rings is 1. The zero-order chi connectivity index (χ0) is 22.0. The largest absolute Gasteiger partial charge is 0.573 e. The molecule has 0 atom stereocenters. The van der Waals surface area contributed by atoms with E-state index in [2.05, 4.69) is 10.1 Å². The topological polar surface area (TPSA) is 71.5 Å². The van der Waals surface area contributed by atoms with Gasteiger partial charge in [-0.15, -0.1) is 13.2 Å². The van der Waals surface area contributed by atoms with Crippen LogP contribution in [0, 0.1) is 0 Å². The number of nitrogens with one attached hydrogen (secondary N) is 1.